The fraction of sp³-hybridized carbons (Fsp3) is 0.476. The number of carboxylic acids is 1. The summed E-state index contributed by atoms with van der Waals surface area (Å²) in [5.41, 5.74) is 0.245. The van der Waals surface area contributed by atoms with Crippen molar-refractivity contribution >= 4 is 11.9 Å². The lowest BCUT2D eigenvalue weighted by Crippen LogP contribution is -2.56. The van der Waals surface area contributed by atoms with Crippen LogP contribution in [0.15, 0.2) is 43.0 Å². The van der Waals surface area contributed by atoms with Crippen LogP contribution in [0.5, 0.6) is 5.75 Å². The Labute approximate surface area is 187 Å². The Morgan fingerprint density at radius 3 is 2.67 bits per heavy atom. The number of carbonyl (C=O) groups is 2. The number of hydrogen-bond acceptors (Lipinski definition) is 7. The standard InChI is InChI=1S/C19H22N4O3.C2HF3O2/c24-18(15-5-8-21-22-11-15)23-9-10-26-19(14-23)6-1-3-16(19)13-25-17-4-2-7-20-12-17;3-2(4,5)1(6)7/h2,4-5,7-8,11-12,16H,1,3,6,9-10,13-14H2;(H,6,7)/t16-,19+;/m0./s1. The maximum Gasteiger partial charge on any atom is 0.490 e. The average molecular weight is 468 g/mol. The van der Waals surface area contributed by atoms with E-state index in [-0.39, 0.29) is 17.4 Å². The highest BCUT2D eigenvalue weighted by atomic mass is 19.4. The van der Waals surface area contributed by atoms with E-state index in [4.69, 9.17) is 19.4 Å². The first-order valence-electron chi connectivity index (χ1n) is 10.2. The summed E-state index contributed by atoms with van der Waals surface area (Å²) in [4.78, 5) is 27.6. The summed E-state index contributed by atoms with van der Waals surface area (Å²) in [5.74, 6) is -1.75. The number of halogens is 3. The third-order valence-corrected chi connectivity index (χ3v) is 5.55. The molecule has 1 aliphatic heterocycles. The van der Waals surface area contributed by atoms with Crippen LogP contribution >= 0.6 is 0 Å². The van der Waals surface area contributed by atoms with Gasteiger partial charge in [0.2, 0.25) is 0 Å². The van der Waals surface area contributed by atoms with Crippen LogP contribution in [0, 0.1) is 5.92 Å². The molecule has 2 fully saturated rings. The summed E-state index contributed by atoms with van der Waals surface area (Å²) < 4.78 is 43.9. The smallest absolute Gasteiger partial charge is 0.490 e. The second-order valence-electron chi connectivity index (χ2n) is 7.66. The van der Waals surface area contributed by atoms with Gasteiger partial charge >= 0.3 is 12.1 Å². The van der Waals surface area contributed by atoms with Gasteiger partial charge in [-0.25, -0.2) is 4.79 Å². The molecule has 4 rings (SSSR count). The van der Waals surface area contributed by atoms with Gasteiger partial charge in [-0.2, -0.15) is 23.4 Å². The molecule has 1 N–H and O–H groups in total. The fourth-order valence-corrected chi connectivity index (χ4v) is 3.96. The molecule has 1 amide bonds. The lowest BCUT2D eigenvalue weighted by molar-refractivity contribution is -0.192. The number of pyridine rings is 1. The van der Waals surface area contributed by atoms with Crippen molar-refractivity contribution in [3.8, 4) is 5.75 Å². The molecule has 1 spiro atoms. The molecule has 0 bridgehead atoms. The normalized spacial score (nSPS) is 22.4. The zero-order chi connectivity index (χ0) is 23.9. The molecule has 12 heteroatoms. The van der Waals surface area contributed by atoms with Crippen LogP contribution in [0.2, 0.25) is 0 Å². The molecule has 33 heavy (non-hydrogen) atoms. The second kappa shape index (κ2) is 10.6. The van der Waals surface area contributed by atoms with E-state index < -0.39 is 12.1 Å². The van der Waals surface area contributed by atoms with Crippen LogP contribution in [0.25, 0.3) is 0 Å². The molecule has 0 aromatic carbocycles. The summed E-state index contributed by atoms with van der Waals surface area (Å²) in [7, 11) is 0. The maximum atomic E-state index is 12.8. The van der Waals surface area contributed by atoms with E-state index in [2.05, 4.69) is 15.2 Å². The number of nitrogens with zero attached hydrogens (tertiary/aromatic N) is 4. The number of ether oxygens (including phenoxy) is 2. The SMILES string of the molecule is O=C(O)C(F)(F)F.O=C(c1ccnnc1)N1CCO[C@]2(CCC[C@H]2COc2cccnc2)C1. The molecule has 1 saturated heterocycles. The van der Waals surface area contributed by atoms with Gasteiger partial charge < -0.3 is 19.5 Å². The molecule has 3 heterocycles. The lowest BCUT2D eigenvalue weighted by Gasteiger charge is -2.44. The van der Waals surface area contributed by atoms with Gasteiger partial charge in [-0.05, 0) is 37.5 Å². The molecular weight excluding hydrogens is 445 g/mol. The van der Waals surface area contributed by atoms with Gasteiger partial charge in [0.25, 0.3) is 5.91 Å². The summed E-state index contributed by atoms with van der Waals surface area (Å²) in [6.07, 6.45) is 4.50. The number of carbonyl (C=O) groups excluding carboxylic acids is 1. The minimum Gasteiger partial charge on any atom is -0.492 e. The third kappa shape index (κ3) is 6.37. The largest absolute Gasteiger partial charge is 0.492 e. The Morgan fingerprint density at radius 1 is 1.24 bits per heavy atom. The lowest BCUT2D eigenvalue weighted by atomic mass is 9.89. The van der Waals surface area contributed by atoms with E-state index in [1.165, 1.54) is 6.20 Å². The number of hydrogen-bond donors (Lipinski definition) is 1. The fourth-order valence-electron chi connectivity index (χ4n) is 3.96. The van der Waals surface area contributed by atoms with Gasteiger partial charge in [-0.3, -0.25) is 9.78 Å². The van der Waals surface area contributed by atoms with E-state index in [1.807, 2.05) is 17.0 Å². The van der Waals surface area contributed by atoms with Crippen LogP contribution in [0.4, 0.5) is 13.2 Å². The highest BCUT2D eigenvalue weighted by molar-refractivity contribution is 5.93. The van der Waals surface area contributed by atoms with Crippen LogP contribution in [0.1, 0.15) is 29.6 Å². The quantitative estimate of drug-likeness (QED) is 0.728. The molecule has 2 atom stereocenters. The number of amides is 1. The van der Waals surface area contributed by atoms with Crippen molar-refractivity contribution < 1.29 is 37.3 Å². The van der Waals surface area contributed by atoms with Crippen molar-refractivity contribution in [2.24, 2.45) is 5.92 Å². The Hall–Kier alpha value is -3.28. The van der Waals surface area contributed by atoms with E-state index in [0.29, 0.717) is 31.9 Å². The van der Waals surface area contributed by atoms with Gasteiger partial charge in [0.05, 0.1) is 49.5 Å². The minimum atomic E-state index is -5.08. The monoisotopic (exact) mass is 468 g/mol. The van der Waals surface area contributed by atoms with Crippen molar-refractivity contribution in [1.29, 1.82) is 0 Å². The molecule has 9 nitrogen and oxygen atoms in total. The van der Waals surface area contributed by atoms with Crippen molar-refractivity contribution in [3.63, 3.8) is 0 Å². The van der Waals surface area contributed by atoms with Gasteiger partial charge in [-0.1, -0.05) is 0 Å². The Morgan fingerprint density at radius 2 is 2.03 bits per heavy atom. The molecule has 1 aliphatic carbocycles. The third-order valence-electron chi connectivity index (χ3n) is 5.55. The van der Waals surface area contributed by atoms with E-state index in [9.17, 15) is 18.0 Å². The van der Waals surface area contributed by atoms with E-state index in [0.717, 1.165) is 25.0 Å². The van der Waals surface area contributed by atoms with Gasteiger partial charge in [-0.15, -0.1) is 0 Å². The molecule has 0 unspecified atom stereocenters. The van der Waals surface area contributed by atoms with E-state index in [1.54, 1.807) is 24.7 Å². The number of alkyl halides is 3. The zero-order valence-corrected chi connectivity index (χ0v) is 17.6. The topological polar surface area (TPSA) is 115 Å². The first-order valence-corrected chi connectivity index (χ1v) is 10.2. The maximum absolute atomic E-state index is 12.8. The molecule has 0 radical (unpaired) electrons. The van der Waals surface area contributed by atoms with Gasteiger partial charge in [0.15, 0.2) is 0 Å². The van der Waals surface area contributed by atoms with Crippen LogP contribution < -0.4 is 4.74 Å². The molecule has 2 aliphatic rings. The van der Waals surface area contributed by atoms with Gasteiger partial charge in [0.1, 0.15) is 5.75 Å². The van der Waals surface area contributed by atoms with Crippen LogP contribution in [-0.2, 0) is 9.53 Å². The van der Waals surface area contributed by atoms with Crippen LogP contribution in [-0.4, -0.2) is 75.1 Å². The summed E-state index contributed by atoms with van der Waals surface area (Å²) in [6.45, 7) is 2.31. The predicted molar refractivity (Wildman–Crippen MR) is 107 cm³/mol. The Kier molecular flexibility index (Phi) is 7.79. The molecule has 2 aromatic rings. The number of aromatic nitrogens is 3. The predicted octanol–water partition coefficient (Wildman–Crippen LogP) is 2.60. The molecule has 178 valence electrons. The number of rotatable bonds is 4. The Balaban J connectivity index is 0.000000383. The van der Waals surface area contributed by atoms with E-state index >= 15 is 0 Å². The van der Waals surface area contributed by atoms with Crippen LogP contribution in [0.3, 0.4) is 0 Å². The minimum absolute atomic E-state index is 0.0126. The highest BCUT2D eigenvalue weighted by Gasteiger charge is 2.48. The number of aliphatic carboxylic acids is 1. The first-order chi connectivity index (χ1) is 15.7. The summed E-state index contributed by atoms with van der Waals surface area (Å²) >= 11 is 0. The van der Waals surface area contributed by atoms with Crippen molar-refractivity contribution in [3.05, 3.63) is 48.5 Å². The van der Waals surface area contributed by atoms with Crippen molar-refractivity contribution in [2.45, 2.75) is 31.0 Å². The molecule has 2 aromatic heterocycles. The number of morpholine rings is 1. The second-order valence-corrected chi connectivity index (χ2v) is 7.66. The zero-order valence-electron chi connectivity index (χ0n) is 17.6. The average Bonchev–Trinajstić information content (AvgIpc) is 3.19. The molecule has 1 saturated carbocycles. The van der Waals surface area contributed by atoms with Gasteiger partial charge in [0, 0.05) is 18.7 Å². The summed E-state index contributed by atoms with van der Waals surface area (Å²) in [6, 6.07) is 5.47. The summed E-state index contributed by atoms with van der Waals surface area (Å²) in [5, 5.41) is 14.7. The first kappa shape index (κ1) is 24.4. The number of carboxylic acid groups (broad SMARTS) is 1. The highest BCUT2D eigenvalue weighted by Crippen LogP contribution is 2.41. The van der Waals surface area contributed by atoms with Crippen molar-refractivity contribution in [1.82, 2.24) is 20.1 Å². The Bertz CT molecular complexity index is 933. The van der Waals surface area contributed by atoms with Crippen molar-refractivity contribution in [2.75, 3.05) is 26.3 Å². The molecular formula is C21H23F3N4O5.